The predicted octanol–water partition coefficient (Wildman–Crippen LogP) is 0.315. The van der Waals surface area contributed by atoms with E-state index in [2.05, 4.69) is 8.74 Å². The van der Waals surface area contributed by atoms with Crippen molar-refractivity contribution in [3.63, 3.8) is 0 Å². The van der Waals surface area contributed by atoms with E-state index in [0.29, 0.717) is 0 Å². The Bertz CT molecular complexity index is 385. The molecule has 0 bridgehead atoms. The Hall–Kier alpha value is -0.640. The maximum Gasteiger partial charge on any atom is 0.338 e. The molecule has 0 spiro atoms. The number of nitrogens with zero attached hydrogens (tertiary/aromatic N) is 1. The summed E-state index contributed by atoms with van der Waals surface area (Å²) in [6, 6.07) is 0. The summed E-state index contributed by atoms with van der Waals surface area (Å²) in [5.41, 5.74) is -0.350. The van der Waals surface area contributed by atoms with Crippen LogP contribution in [0.4, 0.5) is 0 Å². The molecular weight excluding hydrogens is 323 g/mol. The third-order valence-corrected chi connectivity index (χ3v) is 3.02. The first-order valence-electron chi connectivity index (χ1n) is 3.33. The Kier molecular flexibility index (Phi) is 5.05. The van der Waals surface area contributed by atoms with Crippen LogP contribution < -0.4 is 3.64 Å². The summed E-state index contributed by atoms with van der Waals surface area (Å²) >= 11 is 1.68. The van der Waals surface area contributed by atoms with E-state index < -0.39 is 15.8 Å². The average molecular weight is 332 g/mol. The van der Waals surface area contributed by atoms with Crippen LogP contribution in [-0.4, -0.2) is 32.0 Å². The number of rotatable bonds is 4. The van der Waals surface area contributed by atoms with Gasteiger partial charge in [0.1, 0.15) is 0 Å². The quantitative estimate of drug-likeness (QED) is 0.254. The fourth-order valence-electron chi connectivity index (χ4n) is 0.585. The molecule has 80 valence electrons. The lowest BCUT2D eigenvalue weighted by Crippen LogP contribution is -2.11. The van der Waals surface area contributed by atoms with Gasteiger partial charge in [0.25, 0.3) is 0 Å². The lowest BCUT2D eigenvalue weighted by atomic mass is 10.3. The smallest absolute Gasteiger partial charge is 0.338 e. The van der Waals surface area contributed by atoms with Gasteiger partial charge in [-0.1, -0.05) is 0 Å². The van der Waals surface area contributed by atoms with E-state index in [9.17, 15) is 13.2 Å². The summed E-state index contributed by atoms with van der Waals surface area (Å²) in [6.45, 7) is 1.22. The summed E-state index contributed by atoms with van der Waals surface area (Å²) in [5.74, 6) is -1.33. The van der Waals surface area contributed by atoms with Gasteiger partial charge in [-0.25, -0.2) is 16.9 Å². The third-order valence-electron chi connectivity index (χ3n) is 1.41. The fraction of sp³-hybridized carbons (Fsp3) is 0.333. The van der Waals surface area contributed by atoms with Crippen LogP contribution in [0.2, 0.25) is 0 Å². The maximum atomic E-state index is 11.0. The van der Waals surface area contributed by atoms with E-state index in [-0.39, 0.29) is 10.5 Å². The van der Waals surface area contributed by atoms with Crippen molar-refractivity contribution < 1.29 is 18.3 Å². The second-order valence-electron chi connectivity index (χ2n) is 2.39. The zero-order chi connectivity index (χ0) is 11.4. The van der Waals surface area contributed by atoms with E-state index in [4.69, 9.17) is 5.11 Å². The number of halogens is 1. The number of carboxylic acid groups (broad SMARTS) is 1. The molecule has 0 aromatic heterocycles. The van der Waals surface area contributed by atoms with E-state index >= 15 is 0 Å². The van der Waals surface area contributed by atoms with E-state index in [0.717, 1.165) is 12.5 Å². The summed E-state index contributed by atoms with van der Waals surface area (Å²) in [6.07, 6.45) is 1.89. The number of nitrogens with one attached hydrogen (secondary N) is 1. The minimum Gasteiger partial charge on any atom is -0.478 e. The Morgan fingerprint density at radius 2 is 2.07 bits per heavy atom. The molecule has 0 aliphatic rings. The number of hydrogen-bond acceptors (Lipinski definition) is 5. The number of allylic oxidation sites excluding steroid dienone is 1. The monoisotopic (exact) mass is 332 g/mol. The predicted molar refractivity (Wildman–Crippen MR) is 60.8 cm³/mol. The number of carboxylic acids is 1. The van der Waals surface area contributed by atoms with Gasteiger partial charge >= 0.3 is 5.97 Å². The first kappa shape index (κ1) is 13.4. The topological polar surface area (TPSA) is 95.8 Å². The van der Waals surface area contributed by atoms with E-state index in [1.165, 1.54) is 6.92 Å². The lowest BCUT2D eigenvalue weighted by molar-refractivity contribution is -0.132. The van der Waals surface area contributed by atoms with Gasteiger partial charge < -0.3 is 5.11 Å². The first-order valence-corrected chi connectivity index (χ1v) is 6.30. The van der Waals surface area contributed by atoms with Gasteiger partial charge in [0.2, 0.25) is 0 Å². The van der Waals surface area contributed by atoms with Crippen LogP contribution in [0.25, 0.3) is 0 Å². The Balaban J connectivity index is 5.40. The molecule has 14 heavy (non-hydrogen) atoms. The van der Waals surface area contributed by atoms with Crippen molar-refractivity contribution in [3.8, 4) is 0 Å². The molecule has 0 atom stereocenters. The minimum atomic E-state index is -3.50. The number of sulfone groups is 1. The molecule has 0 amide bonds. The highest BCUT2D eigenvalue weighted by Gasteiger charge is 2.16. The molecule has 0 aromatic carbocycles. The van der Waals surface area contributed by atoms with Gasteiger partial charge in [0.15, 0.2) is 9.84 Å². The van der Waals surface area contributed by atoms with Crippen molar-refractivity contribution in [1.82, 2.24) is 3.64 Å². The first-order chi connectivity index (χ1) is 6.30. The van der Waals surface area contributed by atoms with Gasteiger partial charge in [0.05, 0.1) is 39.6 Å². The standard InChI is InChI=1S/C6H9IN2O4S/c1-4(14(2,12)13)5(6(10)11)3-8-9-7/h3,9H,1-2H3,(H,10,11)/b5-4-,8-3-. The van der Waals surface area contributed by atoms with Gasteiger partial charge in [0, 0.05) is 6.26 Å². The Morgan fingerprint density at radius 1 is 1.57 bits per heavy atom. The van der Waals surface area contributed by atoms with Crippen molar-refractivity contribution in [2.45, 2.75) is 6.92 Å². The molecule has 0 aliphatic carbocycles. The summed E-state index contributed by atoms with van der Waals surface area (Å²) < 4.78 is 24.4. The van der Waals surface area contributed by atoms with Gasteiger partial charge in [-0.05, 0) is 6.92 Å². The largest absolute Gasteiger partial charge is 0.478 e. The van der Waals surface area contributed by atoms with Gasteiger partial charge in [-0.3, -0.25) is 0 Å². The van der Waals surface area contributed by atoms with Crippen LogP contribution in [-0.2, 0) is 14.6 Å². The van der Waals surface area contributed by atoms with Crippen LogP contribution >= 0.6 is 22.9 Å². The molecule has 0 aromatic rings. The number of carbonyl (C=O) groups is 1. The third kappa shape index (κ3) is 4.05. The fourth-order valence-corrected chi connectivity index (χ4v) is 1.26. The van der Waals surface area contributed by atoms with Crippen molar-refractivity contribution in [2.75, 3.05) is 6.26 Å². The lowest BCUT2D eigenvalue weighted by Gasteiger charge is -2.00. The maximum absolute atomic E-state index is 11.0. The molecule has 0 radical (unpaired) electrons. The molecule has 0 fully saturated rings. The average Bonchev–Trinajstić information content (AvgIpc) is 2.02. The molecule has 0 heterocycles. The van der Waals surface area contributed by atoms with E-state index in [1.807, 2.05) is 0 Å². The number of hydrazone groups is 1. The van der Waals surface area contributed by atoms with Crippen molar-refractivity contribution in [2.24, 2.45) is 5.10 Å². The molecule has 8 heteroatoms. The highest BCUT2D eigenvalue weighted by molar-refractivity contribution is 14.1. The zero-order valence-electron chi connectivity index (χ0n) is 7.48. The number of hydrogen-bond donors (Lipinski definition) is 2. The molecule has 0 aliphatic heterocycles. The molecular formula is C6H9IN2O4S. The Labute approximate surface area is 95.5 Å². The van der Waals surface area contributed by atoms with Crippen molar-refractivity contribution in [3.05, 3.63) is 10.5 Å². The summed E-state index contributed by atoms with van der Waals surface area (Å²) in [7, 11) is -3.50. The SMILES string of the molecule is C/C(=C(\C=N/NI)C(=O)O)S(C)(=O)=O. The van der Waals surface area contributed by atoms with Crippen LogP contribution in [0.5, 0.6) is 0 Å². The summed E-state index contributed by atoms with van der Waals surface area (Å²) in [4.78, 5) is 10.4. The second kappa shape index (κ2) is 5.29. The van der Waals surface area contributed by atoms with Crippen LogP contribution in [0.1, 0.15) is 6.92 Å². The van der Waals surface area contributed by atoms with Gasteiger partial charge in [-0.15, -0.1) is 0 Å². The molecule has 2 N–H and O–H groups in total. The number of aliphatic carboxylic acids is 1. The zero-order valence-corrected chi connectivity index (χ0v) is 10.5. The van der Waals surface area contributed by atoms with E-state index in [1.54, 1.807) is 22.9 Å². The van der Waals surface area contributed by atoms with Crippen LogP contribution in [0.3, 0.4) is 0 Å². The molecule has 0 unspecified atom stereocenters. The normalized spacial score (nSPS) is 13.9. The molecule has 0 rings (SSSR count). The summed E-state index contributed by atoms with van der Waals surface area (Å²) in [5, 5.41) is 12.1. The van der Waals surface area contributed by atoms with Gasteiger partial charge in [-0.2, -0.15) is 5.10 Å². The second-order valence-corrected chi connectivity index (χ2v) is 5.03. The molecule has 0 saturated carbocycles. The van der Waals surface area contributed by atoms with Crippen molar-refractivity contribution >= 4 is 44.9 Å². The highest BCUT2D eigenvalue weighted by atomic mass is 127. The van der Waals surface area contributed by atoms with Crippen molar-refractivity contribution in [1.29, 1.82) is 0 Å². The van der Waals surface area contributed by atoms with Crippen LogP contribution in [0, 0.1) is 0 Å². The Morgan fingerprint density at radius 3 is 2.36 bits per heavy atom. The minimum absolute atomic E-state index is 0.222. The highest BCUT2D eigenvalue weighted by Crippen LogP contribution is 2.09. The molecule has 6 nitrogen and oxygen atoms in total. The molecule has 0 saturated heterocycles. The van der Waals surface area contributed by atoms with Crippen LogP contribution in [0.15, 0.2) is 15.6 Å².